The van der Waals surface area contributed by atoms with Crippen LogP contribution in [0.1, 0.15) is 12.8 Å². The molecule has 0 saturated heterocycles. The predicted molar refractivity (Wildman–Crippen MR) is 60.8 cm³/mol. The van der Waals surface area contributed by atoms with Crippen molar-refractivity contribution in [3.63, 3.8) is 0 Å². The van der Waals surface area contributed by atoms with Gasteiger partial charge in [-0.1, -0.05) is 11.3 Å². The van der Waals surface area contributed by atoms with Gasteiger partial charge in [-0.2, -0.15) is 10.1 Å². The quantitative estimate of drug-likeness (QED) is 0.889. The summed E-state index contributed by atoms with van der Waals surface area (Å²) in [6, 6.07) is 0. The minimum atomic E-state index is 0.0755. The van der Waals surface area contributed by atoms with Crippen LogP contribution in [0.2, 0.25) is 0 Å². The van der Waals surface area contributed by atoms with Crippen molar-refractivity contribution in [3.05, 3.63) is 4.60 Å². The standard InChI is InChI=1S/C8H7BrN4OS/c9-5-4-6(13-12-5)10-8(15-4)11-7(14)3-1-2-3/h3H,1-2H2,(H2,10,11,12,13,14). The molecule has 5 nitrogen and oxygen atoms in total. The average molecular weight is 287 g/mol. The minimum absolute atomic E-state index is 0.0755. The fourth-order valence-electron chi connectivity index (χ4n) is 1.29. The molecule has 1 saturated carbocycles. The monoisotopic (exact) mass is 286 g/mol. The molecule has 3 rings (SSSR count). The molecule has 0 aromatic carbocycles. The predicted octanol–water partition coefficient (Wildman–Crippen LogP) is 2.13. The highest BCUT2D eigenvalue weighted by Crippen LogP contribution is 2.33. The van der Waals surface area contributed by atoms with E-state index in [0.717, 1.165) is 22.1 Å². The maximum atomic E-state index is 11.5. The molecule has 1 amide bonds. The summed E-state index contributed by atoms with van der Waals surface area (Å²) < 4.78 is 1.74. The van der Waals surface area contributed by atoms with Gasteiger partial charge in [0, 0.05) is 5.92 Å². The first-order chi connectivity index (χ1) is 7.24. The molecule has 0 spiro atoms. The number of rotatable bonds is 2. The number of carbonyl (C=O) groups is 1. The Bertz CT molecular complexity index is 530. The number of aromatic amines is 1. The van der Waals surface area contributed by atoms with Crippen molar-refractivity contribution in [2.24, 2.45) is 5.92 Å². The molecule has 2 N–H and O–H groups in total. The van der Waals surface area contributed by atoms with Crippen molar-refractivity contribution in [1.82, 2.24) is 15.2 Å². The number of aromatic nitrogens is 3. The molecule has 0 atom stereocenters. The minimum Gasteiger partial charge on any atom is -0.302 e. The van der Waals surface area contributed by atoms with Crippen LogP contribution in [0.25, 0.3) is 10.3 Å². The van der Waals surface area contributed by atoms with E-state index in [2.05, 4.69) is 36.4 Å². The van der Waals surface area contributed by atoms with Gasteiger partial charge in [-0.3, -0.25) is 9.89 Å². The second-order valence-corrected chi connectivity index (χ2v) is 5.26. The second-order valence-electron chi connectivity index (χ2n) is 3.47. The van der Waals surface area contributed by atoms with Crippen LogP contribution >= 0.6 is 27.3 Å². The topological polar surface area (TPSA) is 70.7 Å². The molecule has 0 unspecified atom stereocenters. The zero-order valence-electron chi connectivity index (χ0n) is 7.58. The first-order valence-corrected chi connectivity index (χ1v) is 6.16. The average Bonchev–Trinajstić information content (AvgIpc) is 2.90. The van der Waals surface area contributed by atoms with Crippen molar-refractivity contribution >= 4 is 48.7 Å². The zero-order valence-corrected chi connectivity index (χ0v) is 9.98. The highest BCUT2D eigenvalue weighted by atomic mass is 79.9. The first-order valence-electron chi connectivity index (χ1n) is 4.55. The van der Waals surface area contributed by atoms with Crippen LogP contribution in [0.4, 0.5) is 5.13 Å². The van der Waals surface area contributed by atoms with E-state index < -0.39 is 0 Å². The molecule has 0 bridgehead atoms. The van der Waals surface area contributed by atoms with E-state index in [9.17, 15) is 4.79 Å². The Balaban J connectivity index is 1.87. The lowest BCUT2D eigenvalue weighted by Crippen LogP contribution is -2.12. The van der Waals surface area contributed by atoms with E-state index in [1.54, 1.807) is 0 Å². The molecule has 1 aliphatic carbocycles. The largest absolute Gasteiger partial charge is 0.302 e. The number of nitrogens with one attached hydrogen (secondary N) is 2. The second kappa shape index (κ2) is 3.28. The Hall–Kier alpha value is -0.950. The van der Waals surface area contributed by atoms with Gasteiger partial charge >= 0.3 is 0 Å². The highest BCUT2D eigenvalue weighted by molar-refractivity contribution is 9.10. The number of anilines is 1. The number of hydrogen-bond donors (Lipinski definition) is 2. The van der Waals surface area contributed by atoms with Gasteiger partial charge in [0.2, 0.25) is 5.91 Å². The first kappa shape index (κ1) is 9.29. The number of carbonyl (C=O) groups excluding carboxylic acids is 1. The van der Waals surface area contributed by atoms with Gasteiger partial charge < -0.3 is 5.32 Å². The Kier molecular flexibility index (Phi) is 2.03. The summed E-state index contributed by atoms with van der Waals surface area (Å²) in [5, 5.41) is 10.2. The SMILES string of the molecule is O=C(Nc1nc2n[nH]c(Br)c2s1)C1CC1. The van der Waals surface area contributed by atoms with Crippen LogP contribution in [0.15, 0.2) is 4.60 Å². The molecular formula is C8H7BrN4OS. The van der Waals surface area contributed by atoms with Crippen molar-refractivity contribution < 1.29 is 4.79 Å². The third kappa shape index (κ3) is 1.65. The molecule has 1 fully saturated rings. The lowest BCUT2D eigenvalue weighted by Gasteiger charge is -1.96. The summed E-state index contributed by atoms with van der Waals surface area (Å²) >= 11 is 4.75. The molecule has 2 heterocycles. The molecule has 0 radical (unpaired) electrons. The van der Waals surface area contributed by atoms with Crippen LogP contribution in [-0.4, -0.2) is 21.1 Å². The van der Waals surface area contributed by atoms with Crippen molar-refractivity contribution in [1.29, 1.82) is 0 Å². The van der Waals surface area contributed by atoms with E-state index in [1.807, 2.05) is 0 Å². The van der Waals surface area contributed by atoms with Crippen LogP contribution in [0.3, 0.4) is 0 Å². The molecule has 1 aliphatic rings. The summed E-state index contributed by atoms with van der Waals surface area (Å²) in [5.74, 6) is 0.276. The zero-order chi connectivity index (χ0) is 10.4. The fourth-order valence-corrected chi connectivity index (χ4v) is 2.59. The van der Waals surface area contributed by atoms with Crippen molar-refractivity contribution in [2.75, 3.05) is 5.32 Å². The van der Waals surface area contributed by atoms with Crippen molar-refractivity contribution in [2.45, 2.75) is 12.8 Å². The third-order valence-corrected chi connectivity index (χ3v) is 4.06. The summed E-state index contributed by atoms with van der Waals surface area (Å²) in [7, 11) is 0. The number of thiazole rings is 1. The van der Waals surface area contributed by atoms with Crippen molar-refractivity contribution in [3.8, 4) is 0 Å². The molecule has 0 aliphatic heterocycles. The lowest BCUT2D eigenvalue weighted by atomic mass is 10.4. The number of nitrogens with zero attached hydrogens (tertiary/aromatic N) is 2. The number of halogens is 1. The summed E-state index contributed by atoms with van der Waals surface area (Å²) in [6.45, 7) is 0. The molecular weight excluding hydrogens is 280 g/mol. The van der Waals surface area contributed by atoms with Gasteiger partial charge in [0.15, 0.2) is 10.8 Å². The van der Waals surface area contributed by atoms with E-state index in [4.69, 9.17) is 0 Å². The fraction of sp³-hybridized carbons (Fsp3) is 0.375. The molecule has 2 aromatic rings. The van der Waals surface area contributed by atoms with E-state index in [1.165, 1.54) is 11.3 Å². The van der Waals surface area contributed by atoms with Crippen LogP contribution in [0.5, 0.6) is 0 Å². The van der Waals surface area contributed by atoms with Gasteiger partial charge in [0.1, 0.15) is 9.30 Å². The molecule has 7 heteroatoms. The molecule has 78 valence electrons. The van der Waals surface area contributed by atoms with E-state index in [-0.39, 0.29) is 11.8 Å². The molecule has 2 aromatic heterocycles. The Labute approximate surface area is 97.4 Å². The summed E-state index contributed by atoms with van der Waals surface area (Å²) in [6.07, 6.45) is 2.00. The van der Waals surface area contributed by atoms with Gasteiger partial charge in [-0.15, -0.1) is 0 Å². The van der Waals surface area contributed by atoms with Gasteiger partial charge in [0.05, 0.1) is 0 Å². The van der Waals surface area contributed by atoms with Crippen LogP contribution < -0.4 is 5.32 Å². The maximum absolute atomic E-state index is 11.5. The third-order valence-electron chi connectivity index (χ3n) is 2.25. The maximum Gasteiger partial charge on any atom is 0.229 e. The Morgan fingerprint density at radius 2 is 2.40 bits per heavy atom. The summed E-state index contributed by atoms with van der Waals surface area (Å²) in [5.41, 5.74) is 0.637. The smallest absolute Gasteiger partial charge is 0.229 e. The van der Waals surface area contributed by atoms with Gasteiger partial charge in [-0.25, -0.2) is 0 Å². The Morgan fingerprint density at radius 3 is 3.07 bits per heavy atom. The van der Waals surface area contributed by atoms with Crippen LogP contribution in [0, 0.1) is 5.92 Å². The Morgan fingerprint density at radius 1 is 1.60 bits per heavy atom. The normalized spacial score (nSPS) is 15.8. The number of fused-ring (bicyclic) bond motifs is 1. The van der Waals surface area contributed by atoms with E-state index in [0.29, 0.717) is 10.8 Å². The highest BCUT2D eigenvalue weighted by Gasteiger charge is 2.30. The number of amides is 1. The van der Waals surface area contributed by atoms with Crippen LogP contribution in [-0.2, 0) is 4.79 Å². The molecule has 15 heavy (non-hydrogen) atoms. The van der Waals surface area contributed by atoms with Gasteiger partial charge in [0.25, 0.3) is 0 Å². The number of hydrogen-bond acceptors (Lipinski definition) is 4. The summed E-state index contributed by atoms with van der Waals surface area (Å²) in [4.78, 5) is 15.7. The van der Waals surface area contributed by atoms with E-state index >= 15 is 0 Å². The number of H-pyrrole nitrogens is 1. The lowest BCUT2D eigenvalue weighted by molar-refractivity contribution is -0.117. The van der Waals surface area contributed by atoms with Gasteiger partial charge in [-0.05, 0) is 28.8 Å².